The van der Waals surface area contributed by atoms with Crippen LogP contribution in [0.4, 0.5) is 4.39 Å². The van der Waals surface area contributed by atoms with Crippen LogP contribution in [0.3, 0.4) is 0 Å². The molecule has 0 radical (unpaired) electrons. The maximum absolute atomic E-state index is 13.1. The molecule has 0 aromatic heterocycles. The minimum Gasteiger partial charge on any atom is -0.350 e. The van der Waals surface area contributed by atoms with E-state index in [2.05, 4.69) is 0 Å². The van der Waals surface area contributed by atoms with Crippen LogP contribution in [0.1, 0.15) is 22.9 Å². The van der Waals surface area contributed by atoms with Crippen LogP contribution in [0.5, 0.6) is 0 Å². The lowest BCUT2D eigenvalue weighted by atomic mass is 10.1. The van der Waals surface area contributed by atoms with Crippen LogP contribution in [-0.2, 0) is 14.8 Å². The summed E-state index contributed by atoms with van der Waals surface area (Å²) in [5, 5.41) is 0. The lowest BCUT2D eigenvalue weighted by Crippen LogP contribution is -2.32. The predicted octanol–water partition coefficient (Wildman–Crippen LogP) is 3.36. The van der Waals surface area contributed by atoms with Crippen molar-refractivity contribution in [3.05, 3.63) is 65.2 Å². The van der Waals surface area contributed by atoms with Crippen LogP contribution < -0.4 is 0 Å². The van der Waals surface area contributed by atoms with Gasteiger partial charge in [0.2, 0.25) is 10.0 Å². The van der Waals surface area contributed by atoms with E-state index in [-0.39, 0.29) is 11.4 Å². The van der Waals surface area contributed by atoms with Crippen molar-refractivity contribution in [1.29, 1.82) is 0 Å². The summed E-state index contributed by atoms with van der Waals surface area (Å²) in [4.78, 5) is 0.188. The van der Waals surface area contributed by atoms with Gasteiger partial charge in [0.1, 0.15) is 12.8 Å². The van der Waals surface area contributed by atoms with Gasteiger partial charge in [0.15, 0.2) is 6.23 Å². The normalized spacial score (nSPS) is 22.0. The smallest absolute Gasteiger partial charge is 0.245 e. The highest BCUT2D eigenvalue weighted by Gasteiger charge is 2.42. The van der Waals surface area contributed by atoms with Crippen LogP contribution in [0.15, 0.2) is 53.4 Å². The zero-order chi connectivity index (χ0) is 17.3. The van der Waals surface area contributed by atoms with Crippen LogP contribution in [0.25, 0.3) is 0 Å². The molecular weight excluding hydrogens is 329 g/mol. The second-order valence-electron chi connectivity index (χ2n) is 6.06. The topological polar surface area (TPSA) is 46.6 Å². The number of alkyl halides is 1. The van der Waals surface area contributed by atoms with Crippen molar-refractivity contribution in [2.75, 3.05) is 13.2 Å². The minimum absolute atomic E-state index is 0.00521. The summed E-state index contributed by atoms with van der Waals surface area (Å²) in [5.74, 6) is 0. The maximum atomic E-state index is 13.1. The average molecular weight is 349 g/mol. The zero-order valence-electron chi connectivity index (χ0n) is 13.6. The quantitative estimate of drug-likeness (QED) is 0.850. The van der Waals surface area contributed by atoms with E-state index in [1.54, 1.807) is 24.3 Å². The molecule has 0 bridgehead atoms. The van der Waals surface area contributed by atoms with Crippen molar-refractivity contribution >= 4 is 10.0 Å². The molecule has 1 aliphatic heterocycles. The van der Waals surface area contributed by atoms with Crippen molar-refractivity contribution in [3.63, 3.8) is 0 Å². The molecule has 0 amide bonds. The first-order valence-corrected chi connectivity index (χ1v) is 9.22. The third kappa shape index (κ3) is 3.22. The number of halogens is 1. The Hall–Kier alpha value is -1.76. The van der Waals surface area contributed by atoms with Crippen molar-refractivity contribution in [1.82, 2.24) is 4.31 Å². The molecule has 1 heterocycles. The molecule has 1 saturated heterocycles. The SMILES string of the molecule is Cc1ccc(C2OC(CF)CN2S(=O)(=O)c2ccc(C)cc2)cc1. The molecule has 2 aromatic rings. The van der Waals surface area contributed by atoms with Crippen molar-refractivity contribution < 1.29 is 17.5 Å². The molecule has 6 heteroatoms. The van der Waals surface area contributed by atoms with Gasteiger partial charge in [-0.1, -0.05) is 47.5 Å². The first-order valence-electron chi connectivity index (χ1n) is 7.78. The molecule has 0 spiro atoms. The zero-order valence-corrected chi connectivity index (χ0v) is 14.5. The lowest BCUT2D eigenvalue weighted by Gasteiger charge is -2.23. The second-order valence-corrected chi connectivity index (χ2v) is 7.95. The molecule has 1 aliphatic rings. The minimum atomic E-state index is -3.76. The van der Waals surface area contributed by atoms with E-state index in [0.29, 0.717) is 5.56 Å². The molecular formula is C18H20FNO3S. The number of hydrogen-bond donors (Lipinski definition) is 0. The summed E-state index contributed by atoms with van der Waals surface area (Å²) in [7, 11) is -3.76. The van der Waals surface area contributed by atoms with Gasteiger partial charge in [-0.05, 0) is 31.5 Å². The molecule has 24 heavy (non-hydrogen) atoms. The van der Waals surface area contributed by atoms with E-state index < -0.39 is 29.0 Å². The average Bonchev–Trinajstić information content (AvgIpc) is 3.01. The van der Waals surface area contributed by atoms with Gasteiger partial charge in [-0.15, -0.1) is 0 Å². The summed E-state index contributed by atoms with van der Waals surface area (Å²) < 4.78 is 46.0. The van der Waals surface area contributed by atoms with Gasteiger partial charge < -0.3 is 4.74 Å². The van der Waals surface area contributed by atoms with Crippen LogP contribution >= 0.6 is 0 Å². The van der Waals surface area contributed by atoms with E-state index in [9.17, 15) is 12.8 Å². The molecule has 128 valence electrons. The predicted molar refractivity (Wildman–Crippen MR) is 89.8 cm³/mol. The Morgan fingerprint density at radius 2 is 1.58 bits per heavy atom. The van der Waals surface area contributed by atoms with Gasteiger partial charge in [-0.2, -0.15) is 4.31 Å². The molecule has 2 unspecified atom stereocenters. The Balaban J connectivity index is 1.99. The largest absolute Gasteiger partial charge is 0.350 e. The Labute approximate surface area is 141 Å². The van der Waals surface area contributed by atoms with Gasteiger partial charge in [-0.3, -0.25) is 0 Å². The second kappa shape index (κ2) is 6.63. The summed E-state index contributed by atoms with van der Waals surface area (Å²) >= 11 is 0. The van der Waals surface area contributed by atoms with Crippen molar-refractivity contribution in [2.45, 2.75) is 31.1 Å². The standard InChI is InChI=1S/C18H20FNO3S/c1-13-3-7-15(8-4-13)18-20(12-16(11-19)23-18)24(21,22)17-9-5-14(2)6-10-17/h3-10,16,18H,11-12H2,1-2H3. The first-order chi connectivity index (χ1) is 11.4. The molecule has 0 saturated carbocycles. The van der Waals surface area contributed by atoms with Crippen LogP contribution in [0, 0.1) is 13.8 Å². The van der Waals surface area contributed by atoms with E-state index >= 15 is 0 Å². The van der Waals surface area contributed by atoms with Gasteiger partial charge in [0, 0.05) is 6.54 Å². The van der Waals surface area contributed by atoms with Crippen molar-refractivity contribution in [3.8, 4) is 0 Å². The fourth-order valence-electron chi connectivity index (χ4n) is 2.72. The Morgan fingerprint density at radius 3 is 2.12 bits per heavy atom. The van der Waals surface area contributed by atoms with E-state index in [1.165, 1.54) is 4.31 Å². The summed E-state index contributed by atoms with van der Waals surface area (Å²) in [6.45, 7) is 3.13. The number of sulfonamides is 1. The van der Waals surface area contributed by atoms with Crippen LogP contribution in [-0.4, -0.2) is 32.0 Å². The van der Waals surface area contributed by atoms with E-state index in [1.807, 2.05) is 38.1 Å². The number of benzene rings is 2. The number of hydrogen-bond acceptors (Lipinski definition) is 3. The monoisotopic (exact) mass is 349 g/mol. The highest BCUT2D eigenvalue weighted by Crippen LogP contribution is 2.35. The highest BCUT2D eigenvalue weighted by atomic mass is 32.2. The maximum Gasteiger partial charge on any atom is 0.245 e. The van der Waals surface area contributed by atoms with Gasteiger partial charge >= 0.3 is 0 Å². The summed E-state index contributed by atoms with van der Waals surface area (Å²) in [6.07, 6.45) is -1.56. The third-order valence-electron chi connectivity index (χ3n) is 4.13. The fourth-order valence-corrected chi connectivity index (χ4v) is 4.26. The summed E-state index contributed by atoms with van der Waals surface area (Å²) in [5.41, 5.74) is 2.74. The summed E-state index contributed by atoms with van der Waals surface area (Å²) in [6, 6.07) is 14.0. The molecule has 3 rings (SSSR count). The van der Waals surface area contributed by atoms with Gasteiger partial charge in [0.05, 0.1) is 4.90 Å². The molecule has 0 aliphatic carbocycles. The number of rotatable bonds is 4. The fraction of sp³-hybridized carbons (Fsp3) is 0.333. The molecule has 4 nitrogen and oxygen atoms in total. The van der Waals surface area contributed by atoms with Crippen LogP contribution in [0.2, 0.25) is 0 Å². The van der Waals surface area contributed by atoms with Gasteiger partial charge in [-0.25, -0.2) is 12.8 Å². The molecule has 2 aromatic carbocycles. The van der Waals surface area contributed by atoms with Gasteiger partial charge in [0.25, 0.3) is 0 Å². The molecule has 0 N–H and O–H groups in total. The van der Waals surface area contributed by atoms with E-state index in [4.69, 9.17) is 4.74 Å². The Kier molecular flexibility index (Phi) is 4.71. The Morgan fingerprint density at radius 1 is 1.04 bits per heavy atom. The van der Waals surface area contributed by atoms with E-state index in [0.717, 1.165) is 11.1 Å². The number of aryl methyl sites for hydroxylation is 2. The third-order valence-corrected chi connectivity index (χ3v) is 5.95. The first kappa shape index (κ1) is 17.1. The number of ether oxygens (including phenoxy) is 1. The number of nitrogens with zero attached hydrogens (tertiary/aromatic N) is 1. The highest BCUT2D eigenvalue weighted by molar-refractivity contribution is 7.89. The molecule has 2 atom stereocenters. The molecule has 1 fully saturated rings. The Bertz CT molecular complexity index is 803. The lowest BCUT2D eigenvalue weighted by molar-refractivity contribution is 0.0109. The van der Waals surface area contributed by atoms with Crippen molar-refractivity contribution in [2.24, 2.45) is 0 Å².